The minimum atomic E-state index is -2.35. The number of ether oxygens (including phenoxy) is 8. The Morgan fingerprint density at radius 1 is 0.526 bits per heavy atom. The Morgan fingerprint density at radius 2 is 0.842 bits per heavy atom. The summed E-state index contributed by atoms with van der Waals surface area (Å²) in [6.45, 7) is 4.28. The number of benzene rings is 1. The quantitative estimate of drug-likeness (QED) is 0.0382. The van der Waals surface area contributed by atoms with Crippen molar-refractivity contribution in [2.24, 2.45) is 0 Å². The lowest BCUT2D eigenvalue weighted by atomic mass is 10.2. The number of rotatable bonds is 23. The van der Waals surface area contributed by atoms with E-state index in [9.17, 15) is 26.7 Å². The van der Waals surface area contributed by atoms with Crippen LogP contribution in [0.15, 0.2) is 0 Å². The molecule has 0 unspecified atom stereocenters. The molecule has 14 heteroatoms. The Kier molecular flexibility index (Phi) is 19.1. The summed E-state index contributed by atoms with van der Waals surface area (Å²) in [5.74, 6) is -11.8. The van der Waals surface area contributed by atoms with Gasteiger partial charge in [-0.2, -0.15) is 8.78 Å². The SMILES string of the molecule is C#CCOCCOCCOCCOCCOCCOCCOCCC(=O)Oc1c(F)c(F)c(F)c(F)c1F. The Hall–Kier alpha value is -2.38. The fourth-order valence-electron chi connectivity index (χ4n) is 2.45. The molecule has 38 heavy (non-hydrogen) atoms. The van der Waals surface area contributed by atoms with E-state index in [2.05, 4.69) is 10.7 Å². The van der Waals surface area contributed by atoms with Crippen LogP contribution in [-0.4, -0.2) is 98.5 Å². The molecule has 9 nitrogen and oxygen atoms in total. The van der Waals surface area contributed by atoms with Crippen molar-refractivity contribution >= 4 is 5.97 Å². The van der Waals surface area contributed by atoms with Gasteiger partial charge in [-0.3, -0.25) is 4.79 Å². The number of esters is 1. The van der Waals surface area contributed by atoms with Crippen LogP contribution in [0.5, 0.6) is 5.75 Å². The van der Waals surface area contributed by atoms with Crippen LogP contribution in [0.25, 0.3) is 0 Å². The van der Waals surface area contributed by atoms with E-state index >= 15 is 0 Å². The second kappa shape index (κ2) is 21.5. The Morgan fingerprint density at radius 3 is 1.21 bits per heavy atom. The highest BCUT2D eigenvalue weighted by atomic mass is 19.2. The lowest BCUT2D eigenvalue weighted by molar-refractivity contribution is -0.136. The topological polar surface area (TPSA) is 90.9 Å². The van der Waals surface area contributed by atoms with E-state index in [-0.39, 0.29) is 33.0 Å². The maximum Gasteiger partial charge on any atom is 0.313 e. The van der Waals surface area contributed by atoms with Crippen molar-refractivity contribution in [3.8, 4) is 18.1 Å². The summed E-state index contributed by atoms with van der Waals surface area (Å²) in [5.41, 5.74) is 0. The molecular weight excluding hydrogens is 527 g/mol. The molecule has 1 rings (SSSR count). The predicted octanol–water partition coefficient (Wildman–Crippen LogP) is 2.43. The monoisotopic (exact) mass is 558 g/mol. The summed E-state index contributed by atoms with van der Waals surface area (Å²) in [6, 6.07) is 0. The van der Waals surface area contributed by atoms with Gasteiger partial charge in [-0.1, -0.05) is 5.92 Å². The molecule has 0 saturated heterocycles. The van der Waals surface area contributed by atoms with Crippen molar-refractivity contribution in [2.45, 2.75) is 6.42 Å². The largest absolute Gasteiger partial charge is 0.420 e. The van der Waals surface area contributed by atoms with Crippen molar-refractivity contribution in [1.82, 2.24) is 0 Å². The van der Waals surface area contributed by atoms with Gasteiger partial charge in [-0.25, -0.2) is 13.2 Å². The predicted molar refractivity (Wildman–Crippen MR) is 121 cm³/mol. The van der Waals surface area contributed by atoms with Gasteiger partial charge in [-0.05, 0) is 0 Å². The second-order valence-electron chi connectivity index (χ2n) is 7.05. The van der Waals surface area contributed by atoms with Gasteiger partial charge in [0.1, 0.15) is 6.61 Å². The zero-order valence-corrected chi connectivity index (χ0v) is 20.7. The fraction of sp³-hybridized carbons (Fsp3) is 0.625. The van der Waals surface area contributed by atoms with E-state index in [4.69, 9.17) is 39.6 Å². The molecule has 0 aliphatic carbocycles. The summed E-state index contributed by atoms with van der Waals surface area (Å²) in [7, 11) is 0. The molecule has 0 aliphatic heterocycles. The second-order valence-corrected chi connectivity index (χ2v) is 7.05. The average molecular weight is 558 g/mol. The van der Waals surface area contributed by atoms with E-state index in [1.54, 1.807) is 0 Å². The molecule has 0 saturated carbocycles. The molecule has 0 heterocycles. The number of hydrogen-bond donors (Lipinski definition) is 0. The van der Waals surface area contributed by atoms with Gasteiger partial charge in [0, 0.05) is 0 Å². The van der Waals surface area contributed by atoms with Crippen molar-refractivity contribution in [1.29, 1.82) is 0 Å². The highest BCUT2D eigenvalue weighted by molar-refractivity contribution is 5.72. The summed E-state index contributed by atoms with van der Waals surface area (Å²) in [5, 5.41) is 0. The minimum Gasteiger partial charge on any atom is -0.420 e. The van der Waals surface area contributed by atoms with Crippen molar-refractivity contribution in [2.75, 3.05) is 92.5 Å². The summed E-state index contributed by atoms with van der Waals surface area (Å²) >= 11 is 0. The van der Waals surface area contributed by atoms with Crippen molar-refractivity contribution < 1.29 is 64.6 Å². The van der Waals surface area contributed by atoms with Crippen LogP contribution in [0.1, 0.15) is 6.42 Å². The lowest BCUT2D eigenvalue weighted by Gasteiger charge is -2.09. The highest BCUT2D eigenvalue weighted by Gasteiger charge is 2.28. The van der Waals surface area contributed by atoms with E-state index in [1.807, 2.05) is 0 Å². The van der Waals surface area contributed by atoms with Crippen LogP contribution < -0.4 is 4.74 Å². The third-order valence-electron chi connectivity index (χ3n) is 4.25. The van der Waals surface area contributed by atoms with E-state index in [0.717, 1.165) is 0 Å². The summed E-state index contributed by atoms with van der Waals surface area (Å²) < 4.78 is 107. The Labute approximate surface area is 217 Å². The van der Waals surface area contributed by atoms with E-state index < -0.39 is 47.2 Å². The minimum absolute atomic E-state index is 0.0868. The van der Waals surface area contributed by atoms with Gasteiger partial charge >= 0.3 is 5.97 Å². The van der Waals surface area contributed by atoms with Crippen LogP contribution in [0.3, 0.4) is 0 Å². The number of carbonyl (C=O) groups is 1. The molecule has 0 amide bonds. The van der Waals surface area contributed by atoms with Gasteiger partial charge in [0.05, 0.1) is 92.3 Å². The summed E-state index contributed by atoms with van der Waals surface area (Å²) in [4.78, 5) is 11.6. The van der Waals surface area contributed by atoms with Gasteiger partial charge < -0.3 is 37.9 Å². The smallest absolute Gasteiger partial charge is 0.313 e. The van der Waals surface area contributed by atoms with Gasteiger partial charge in [0.2, 0.25) is 34.8 Å². The van der Waals surface area contributed by atoms with Crippen LogP contribution >= 0.6 is 0 Å². The first-order valence-corrected chi connectivity index (χ1v) is 11.6. The average Bonchev–Trinajstić information content (AvgIpc) is 2.91. The number of terminal acetylenes is 1. The molecule has 0 atom stereocenters. The molecule has 0 aliphatic rings. The first-order valence-electron chi connectivity index (χ1n) is 11.6. The molecule has 0 bridgehead atoms. The molecule has 0 spiro atoms. The number of hydrogen-bond acceptors (Lipinski definition) is 9. The molecule has 216 valence electrons. The van der Waals surface area contributed by atoms with Crippen molar-refractivity contribution in [3.63, 3.8) is 0 Å². The fourth-order valence-corrected chi connectivity index (χ4v) is 2.45. The molecule has 1 aromatic rings. The first-order chi connectivity index (χ1) is 18.4. The maximum absolute atomic E-state index is 13.5. The van der Waals surface area contributed by atoms with Crippen molar-refractivity contribution in [3.05, 3.63) is 29.1 Å². The number of carbonyl (C=O) groups excluding carboxylic acids is 1. The Bertz CT molecular complexity index is 823. The molecule has 0 fully saturated rings. The molecule has 0 radical (unpaired) electrons. The molecule has 0 N–H and O–H groups in total. The first kappa shape index (κ1) is 33.6. The van der Waals surface area contributed by atoms with Crippen LogP contribution in [-0.2, 0) is 38.0 Å². The van der Waals surface area contributed by atoms with E-state index in [1.165, 1.54) is 0 Å². The Balaban J connectivity index is 1.88. The number of halogens is 5. The zero-order valence-electron chi connectivity index (χ0n) is 20.7. The third kappa shape index (κ3) is 14.5. The molecule has 0 aromatic heterocycles. The van der Waals surface area contributed by atoms with Gasteiger partial charge in [-0.15, -0.1) is 6.42 Å². The van der Waals surface area contributed by atoms with Gasteiger partial charge in [0.25, 0.3) is 0 Å². The van der Waals surface area contributed by atoms with Crippen LogP contribution in [0.2, 0.25) is 0 Å². The third-order valence-corrected chi connectivity index (χ3v) is 4.25. The standard InChI is InChI=1S/C24H31F5O9/c1-2-4-31-6-8-33-10-12-35-14-16-37-17-15-36-13-11-34-9-7-32-5-3-18(30)38-24-22(28)20(26)19(25)21(27)23(24)29/h1H,3-17H2. The normalized spacial score (nSPS) is 11.1. The van der Waals surface area contributed by atoms with Crippen LogP contribution in [0.4, 0.5) is 22.0 Å². The maximum atomic E-state index is 13.5. The molecule has 1 aromatic carbocycles. The van der Waals surface area contributed by atoms with Gasteiger partial charge in [0.15, 0.2) is 0 Å². The van der Waals surface area contributed by atoms with E-state index in [0.29, 0.717) is 59.5 Å². The zero-order chi connectivity index (χ0) is 28.0. The lowest BCUT2D eigenvalue weighted by Crippen LogP contribution is -2.16. The molecular formula is C24H31F5O9. The summed E-state index contributed by atoms with van der Waals surface area (Å²) in [6.07, 6.45) is 4.56. The van der Waals surface area contributed by atoms with Crippen LogP contribution in [0, 0.1) is 41.4 Å². The highest BCUT2D eigenvalue weighted by Crippen LogP contribution is 2.29.